The third kappa shape index (κ3) is 4.36. The van der Waals surface area contributed by atoms with Crippen molar-refractivity contribution in [3.8, 4) is 0 Å². The normalized spacial score (nSPS) is 15.7. The molecule has 0 spiro atoms. The second kappa shape index (κ2) is 7.66. The highest BCUT2D eigenvalue weighted by atomic mass is 35.5. The van der Waals surface area contributed by atoms with Crippen LogP contribution in [0.4, 0.5) is 10.5 Å². The lowest BCUT2D eigenvalue weighted by molar-refractivity contribution is 0.0933. The van der Waals surface area contributed by atoms with E-state index >= 15 is 0 Å². The average molecular weight is 339 g/mol. The molecule has 126 valence electrons. The molecule has 0 radical (unpaired) electrons. The minimum absolute atomic E-state index is 0.0725. The van der Waals surface area contributed by atoms with E-state index in [9.17, 15) is 9.59 Å². The molecule has 4 N–H and O–H groups in total. The molecule has 0 bridgehead atoms. The van der Waals surface area contributed by atoms with Crippen molar-refractivity contribution in [2.45, 2.75) is 26.3 Å². The number of amides is 3. The standard InChI is InChI=1S/C16H23ClN4O2/c1-10(2)7-12(9-18)20-15(22)11-3-4-13(17)14(8-11)21-6-5-19-16(21)23/h3-4,8,10,12H,5-7,9,18H2,1-2H3,(H,19,23)(H,20,22). The van der Waals surface area contributed by atoms with E-state index in [2.05, 4.69) is 24.5 Å². The second-order valence-electron chi connectivity index (χ2n) is 6.09. The molecule has 1 atom stereocenters. The van der Waals surface area contributed by atoms with Gasteiger partial charge in [-0.1, -0.05) is 25.4 Å². The van der Waals surface area contributed by atoms with Crippen LogP contribution in [-0.4, -0.2) is 37.6 Å². The van der Waals surface area contributed by atoms with E-state index in [0.717, 1.165) is 6.42 Å². The van der Waals surface area contributed by atoms with E-state index in [4.69, 9.17) is 17.3 Å². The Balaban J connectivity index is 2.16. The first-order chi connectivity index (χ1) is 10.9. The quantitative estimate of drug-likeness (QED) is 0.741. The molecule has 0 saturated carbocycles. The Labute approximate surface area is 141 Å². The number of nitrogens with two attached hydrogens (primary N) is 1. The summed E-state index contributed by atoms with van der Waals surface area (Å²) in [5.74, 6) is 0.233. The molecule has 1 aliphatic heterocycles. The number of rotatable bonds is 6. The number of hydrogen-bond donors (Lipinski definition) is 3. The van der Waals surface area contributed by atoms with Crippen LogP contribution in [0.15, 0.2) is 18.2 Å². The molecule has 23 heavy (non-hydrogen) atoms. The Hall–Kier alpha value is -1.79. The minimum atomic E-state index is -0.210. The number of benzene rings is 1. The van der Waals surface area contributed by atoms with Crippen LogP contribution in [0.1, 0.15) is 30.6 Å². The number of carbonyl (C=O) groups excluding carboxylic acids is 2. The van der Waals surface area contributed by atoms with Gasteiger partial charge in [0.05, 0.1) is 10.7 Å². The van der Waals surface area contributed by atoms with Gasteiger partial charge in [-0.15, -0.1) is 0 Å². The summed E-state index contributed by atoms with van der Waals surface area (Å²) >= 11 is 6.17. The van der Waals surface area contributed by atoms with E-state index < -0.39 is 0 Å². The lowest BCUT2D eigenvalue weighted by Gasteiger charge is -2.20. The molecule has 3 amide bonds. The maximum absolute atomic E-state index is 12.4. The van der Waals surface area contributed by atoms with Gasteiger partial charge in [-0.05, 0) is 30.5 Å². The summed E-state index contributed by atoms with van der Waals surface area (Å²) in [7, 11) is 0. The number of nitrogens with zero attached hydrogens (tertiary/aromatic N) is 1. The van der Waals surface area contributed by atoms with E-state index in [-0.39, 0.29) is 18.0 Å². The van der Waals surface area contributed by atoms with E-state index in [0.29, 0.717) is 41.8 Å². The molecule has 1 aromatic rings. The Bertz CT molecular complexity index is 591. The molecule has 2 rings (SSSR count). The Kier molecular flexibility index (Phi) is 5.85. The van der Waals surface area contributed by atoms with Gasteiger partial charge in [0, 0.05) is 31.2 Å². The van der Waals surface area contributed by atoms with Crippen LogP contribution in [0.5, 0.6) is 0 Å². The van der Waals surface area contributed by atoms with Crippen molar-refractivity contribution in [1.82, 2.24) is 10.6 Å². The Morgan fingerprint density at radius 2 is 2.22 bits per heavy atom. The highest BCUT2D eigenvalue weighted by Crippen LogP contribution is 2.28. The monoisotopic (exact) mass is 338 g/mol. The third-order valence-corrected chi connectivity index (χ3v) is 4.05. The van der Waals surface area contributed by atoms with E-state index in [1.807, 2.05) is 0 Å². The second-order valence-corrected chi connectivity index (χ2v) is 6.49. The van der Waals surface area contributed by atoms with Gasteiger partial charge in [0.2, 0.25) is 0 Å². The van der Waals surface area contributed by atoms with Gasteiger partial charge in [-0.3, -0.25) is 9.69 Å². The summed E-state index contributed by atoms with van der Waals surface area (Å²) in [5, 5.41) is 6.10. The van der Waals surface area contributed by atoms with Gasteiger partial charge in [0.15, 0.2) is 0 Å². The fourth-order valence-electron chi connectivity index (χ4n) is 2.61. The van der Waals surface area contributed by atoms with Crippen molar-refractivity contribution in [3.05, 3.63) is 28.8 Å². The molecule has 1 aromatic carbocycles. The number of halogens is 1. The molecule has 6 nitrogen and oxygen atoms in total. The van der Waals surface area contributed by atoms with Crippen molar-refractivity contribution in [2.75, 3.05) is 24.5 Å². The van der Waals surface area contributed by atoms with Crippen LogP contribution in [0.3, 0.4) is 0 Å². The summed E-state index contributed by atoms with van der Waals surface area (Å²) < 4.78 is 0. The van der Waals surface area contributed by atoms with Gasteiger partial charge >= 0.3 is 6.03 Å². The molecule has 1 fully saturated rings. The molecule has 7 heteroatoms. The maximum Gasteiger partial charge on any atom is 0.322 e. The smallest absolute Gasteiger partial charge is 0.322 e. The van der Waals surface area contributed by atoms with Gasteiger partial charge in [0.1, 0.15) is 0 Å². The maximum atomic E-state index is 12.4. The molecule has 0 aromatic heterocycles. The fraction of sp³-hybridized carbons (Fsp3) is 0.500. The number of urea groups is 1. The minimum Gasteiger partial charge on any atom is -0.348 e. The molecule has 1 unspecified atom stereocenters. The lowest BCUT2D eigenvalue weighted by atomic mass is 10.0. The summed E-state index contributed by atoms with van der Waals surface area (Å²) in [6, 6.07) is 4.65. The zero-order chi connectivity index (χ0) is 17.0. The summed E-state index contributed by atoms with van der Waals surface area (Å²) in [6.45, 7) is 5.65. The lowest BCUT2D eigenvalue weighted by Crippen LogP contribution is -2.41. The zero-order valence-corrected chi connectivity index (χ0v) is 14.2. The van der Waals surface area contributed by atoms with Crippen LogP contribution in [0.2, 0.25) is 5.02 Å². The van der Waals surface area contributed by atoms with Crippen molar-refractivity contribution < 1.29 is 9.59 Å². The number of carbonyl (C=O) groups is 2. The highest BCUT2D eigenvalue weighted by molar-refractivity contribution is 6.34. The van der Waals surface area contributed by atoms with Crippen molar-refractivity contribution in [1.29, 1.82) is 0 Å². The zero-order valence-electron chi connectivity index (χ0n) is 13.4. The van der Waals surface area contributed by atoms with E-state index in [1.165, 1.54) is 4.90 Å². The first-order valence-electron chi connectivity index (χ1n) is 7.78. The van der Waals surface area contributed by atoms with Crippen molar-refractivity contribution in [3.63, 3.8) is 0 Å². The summed E-state index contributed by atoms with van der Waals surface area (Å²) in [6.07, 6.45) is 0.817. The molecular weight excluding hydrogens is 316 g/mol. The molecular formula is C16H23ClN4O2. The first kappa shape index (κ1) is 17.6. The van der Waals surface area contributed by atoms with Gasteiger partial charge in [-0.25, -0.2) is 4.79 Å². The van der Waals surface area contributed by atoms with Crippen LogP contribution in [-0.2, 0) is 0 Å². The molecule has 1 saturated heterocycles. The Morgan fingerprint density at radius 3 is 2.78 bits per heavy atom. The highest BCUT2D eigenvalue weighted by Gasteiger charge is 2.24. The average Bonchev–Trinajstić information content (AvgIpc) is 2.92. The first-order valence-corrected chi connectivity index (χ1v) is 8.16. The third-order valence-electron chi connectivity index (χ3n) is 3.73. The predicted molar refractivity (Wildman–Crippen MR) is 92.0 cm³/mol. The molecule has 1 aliphatic rings. The number of hydrogen-bond acceptors (Lipinski definition) is 3. The summed E-state index contributed by atoms with van der Waals surface area (Å²) in [5.41, 5.74) is 6.73. The van der Waals surface area contributed by atoms with Crippen LogP contribution < -0.4 is 21.3 Å². The van der Waals surface area contributed by atoms with Gasteiger partial charge < -0.3 is 16.4 Å². The van der Waals surface area contributed by atoms with Crippen LogP contribution in [0.25, 0.3) is 0 Å². The SMILES string of the molecule is CC(C)CC(CN)NC(=O)c1ccc(Cl)c(N2CCNC2=O)c1. The summed E-state index contributed by atoms with van der Waals surface area (Å²) in [4.78, 5) is 25.8. The number of nitrogens with one attached hydrogen (secondary N) is 2. The van der Waals surface area contributed by atoms with Gasteiger partial charge in [-0.2, -0.15) is 0 Å². The number of anilines is 1. The van der Waals surface area contributed by atoms with Crippen molar-refractivity contribution in [2.24, 2.45) is 11.7 Å². The van der Waals surface area contributed by atoms with Crippen LogP contribution >= 0.6 is 11.6 Å². The van der Waals surface area contributed by atoms with Crippen molar-refractivity contribution >= 4 is 29.2 Å². The Morgan fingerprint density at radius 1 is 1.48 bits per heavy atom. The molecule has 0 aliphatic carbocycles. The fourth-order valence-corrected chi connectivity index (χ4v) is 2.83. The van der Waals surface area contributed by atoms with Crippen LogP contribution in [0, 0.1) is 5.92 Å². The largest absolute Gasteiger partial charge is 0.348 e. The predicted octanol–water partition coefficient (Wildman–Crippen LogP) is 1.97. The molecule has 1 heterocycles. The van der Waals surface area contributed by atoms with Gasteiger partial charge in [0.25, 0.3) is 5.91 Å². The topological polar surface area (TPSA) is 87.5 Å². The van der Waals surface area contributed by atoms with E-state index in [1.54, 1.807) is 18.2 Å².